The van der Waals surface area contributed by atoms with Gasteiger partial charge in [-0.05, 0) is 35.3 Å². The summed E-state index contributed by atoms with van der Waals surface area (Å²) in [4.78, 5) is 11.1. The summed E-state index contributed by atoms with van der Waals surface area (Å²) in [6.45, 7) is 3.91. The van der Waals surface area contributed by atoms with Crippen molar-refractivity contribution in [1.82, 2.24) is 0 Å². The molecule has 1 aromatic rings. The second kappa shape index (κ2) is 4.15. The van der Waals surface area contributed by atoms with Crippen molar-refractivity contribution >= 4 is 5.97 Å². The van der Waals surface area contributed by atoms with Crippen LogP contribution in [0.1, 0.15) is 37.3 Å². The molecule has 0 spiro atoms. The number of rotatable bonds is 3. The Labute approximate surface area is 102 Å². The molecule has 3 nitrogen and oxygen atoms in total. The summed E-state index contributed by atoms with van der Waals surface area (Å²) in [6.07, 6.45) is 2.02. The SMILES string of the molecule is CC(C)(C(N)C(=O)O)C1CCc2ccccc21. The molecule has 1 aliphatic carbocycles. The molecule has 0 bridgehead atoms. The second-order valence-corrected chi connectivity index (χ2v) is 5.43. The van der Waals surface area contributed by atoms with Crippen LogP contribution in [0.5, 0.6) is 0 Å². The molecule has 92 valence electrons. The monoisotopic (exact) mass is 233 g/mol. The summed E-state index contributed by atoms with van der Waals surface area (Å²) < 4.78 is 0. The van der Waals surface area contributed by atoms with Gasteiger partial charge in [-0.3, -0.25) is 4.79 Å². The summed E-state index contributed by atoms with van der Waals surface area (Å²) in [5, 5.41) is 9.10. The van der Waals surface area contributed by atoms with E-state index < -0.39 is 17.4 Å². The maximum Gasteiger partial charge on any atom is 0.321 e. The minimum atomic E-state index is -0.917. The molecule has 3 N–H and O–H groups in total. The highest BCUT2D eigenvalue weighted by Gasteiger charge is 2.42. The van der Waals surface area contributed by atoms with E-state index in [0.29, 0.717) is 0 Å². The molecule has 17 heavy (non-hydrogen) atoms. The van der Waals surface area contributed by atoms with Crippen molar-refractivity contribution < 1.29 is 9.90 Å². The van der Waals surface area contributed by atoms with E-state index in [1.54, 1.807) is 0 Å². The van der Waals surface area contributed by atoms with E-state index in [-0.39, 0.29) is 5.92 Å². The fourth-order valence-electron chi connectivity index (χ4n) is 2.86. The second-order valence-electron chi connectivity index (χ2n) is 5.43. The van der Waals surface area contributed by atoms with Gasteiger partial charge in [-0.2, -0.15) is 0 Å². The van der Waals surface area contributed by atoms with E-state index in [9.17, 15) is 4.79 Å². The molecule has 0 aliphatic heterocycles. The number of benzene rings is 1. The third-order valence-electron chi connectivity index (χ3n) is 4.10. The molecule has 2 rings (SSSR count). The van der Waals surface area contributed by atoms with Crippen LogP contribution in [0.2, 0.25) is 0 Å². The van der Waals surface area contributed by atoms with Gasteiger partial charge in [0, 0.05) is 0 Å². The lowest BCUT2D eigenvalue weighted by Crippen LogP contribution is -2.46. The Morgan fingerprint density at radius 1 is 1.47 bits per heavy atom. The van der Waals surface area contributed by atoms with Gasteiger partial charge in [0.25, 0.3) is 0 Å². The molecule has 0 fully saturated rings. The highest BCUT2D eigenvalue weighted by Crippen LogP contribution is 2.46. The lowest BCUT2D eigenvalue weighted by Gasteiger charge is -2.35. The van der Waals surface area contributed by atoms with E-state index in [1.165, 1.54) is 11.1 Å². The maximum absolute atomic E-state index is 11.1. The average Bonchev–Trinajstić information content (AvgIpc) is 2.72. The van der Waals surface area contributed by atoms with E-state index in [2.05, 4.69) is 12.1 Å². The van der Waals surface area contributed by atoms with Crippen LogP contribution in [0.15, 0.2) is 24.3 Å². The molecule has 0 saturated carbocycles. The van der Waals surface area contributed by atoms with Crippen molar-refractivity contribution in [2.24, 2.45) is 11.1 Å². The number of hydrogen-bond donors (Lipinski definition) is 2. The molecule has 3 heteroatoms. The molecular weight excluding hydrogens is 214 g/mol. The van der Waals surface area contributed by atoms with E-state index in [0.717, 1.165) is 12.8 Å². The minimum absolute atomic E-state index is 0.241. The van der Waals surface area contributed by atoms with Gasteiger partial charge in [0.05, 0.1) is 0 Å². The average molecular weight is 233 g/mol. The van der Waals surface area contributed by atoms with Crippen molar-refractivity contribution in [2.75, 3.05) is 0 Å². The molecule has 2 unspecified atom stereocenters. The standard InChI is InChI=1S/C14H19NO2/c1-14(2,12(15)13(16)17)11-8-7-9-5-3-4-6-10(9)11/h3-6,11-12H,7-8,15H2,1-2H3,(H,16,17). The number of aryl methyl sites for hydroxylation is 1. The number of fused-ring (bicyclic) bond motifs is 1. The number of carboxylic acids is 1. The van der Waals surface area contributed by atoms with Crippen LogP contribution in [-0.2, 0) is 11.2 Å². The van der Waals surface area contributed by atoms with E-state index in [4.69, 9.17) is 10.8 Å². The van der Waals surface area contributed by atoms with Crippen LogP contribution in [0.25, 0.3) is 0 Å². The molecular formula is C14H19NO2. The number of carbonyl (C=O) groups is 1. The van der Waals surface area contributed by atoms with Crippen molar-refractivity contribution in [1.29, 1.82) is 0 Å². The predicted molar refractivity (Wildman–Crippen MR) is 66.9 cm³/mol. The largest absolute Gasteiger partial charge is 0.480 e. The first-order valence-electron chi connectivity index (χ1n) is 6.00. The fourth-order valence-corrected chi connectivity index (χ4v) is 2.86. The first-order valence-corrected chi connectivity index (χ1v) is 6.00. The van der Waals surface area contributed by atoms with E-state index >= 15 is 0 Å². The Hall–Kier alpha value is -1.35. The third-order valence-corrected chi connectivity index (χ3v) is 4.10. The third kappa shape index (κ3) is 1.95. The molecule has 1 aromatic carbocycles. The van der Waals surface area contributed by atoms with Crippen LogP contribution in [0.4, 0.5) is 0 Å². The smallest absolute Gasteiger partial charge is 0.321 e. The molecule has 0 radical (unpaired) electrons. The molecule has 0 saturated heterocycles. The van der Waals surface area contributed by atoms with Crippen molar-refractivity contribution in [3.8, 4) is 0 Å². The summed E-state index contributed by atoms with van der Waals surface area (Å²) >= 11 is 0. The van der Waals surface area contributed by atoms with Gasteiger partial charge in [-0.1, -0.05) is 38.1 Å². The highest BCUT2D eigenvalue weighted by molar-refractivity contribution is 5.74. The lowest BCUT2D eigenvalue weighted by atomic mass is 9.71. The maximum atomic E-state index is 11.1. The summed E-state index contributed by atoms with van der Waals surface area (Å²) in [5.41, 5.74) is 8.02. The van der Waals surface area contributed by atoms with Gasteiger partial charge >= 0.3 is 5.97 Å². The molecule has 1 aliphatic rings. The fraction of sp³-hybridized carbons (Fsp3) is 0.500. The lowest BCUT2D eigenvalue weighted by molar-refractivity contribution is -0.141. The predicted octanol–water partition coefficient (Wildman–Crippen LogP) is 2.15. The Morgan fingerprint density at radius 2 is 2.12 bits per heavy atom. The van der Waals surface area contributed by atoms with Crippen LogP contribution < -0.4 is 5.73 Å². The molecule has 0 amide bonds. The molecule has 0 aromatic heterocycles. The van der Waals surface area contributed by atoms with Crippen molar-refractivity contribution in [3.63, 3.8) is 0 Å². The Morgan fingerprint density at radius 3 is 2.76 bits per heavy atom. The van der Waals surface area contributed by atoms with Gasteiger partial charge in [0.15, 0.2) is 0 Å². The first-order chi connectivity index (χ1) is 7.94. The Bertz CT molecular complexity index is 440. The number of carboxylic acid groups (broad SMARTS) is 1. The summed E-state index contributed by atoms with van der Waals surface area (Å²) in [7, 11) is 0. The van der Waals surface area contributed by atoms with Crippen molar-refractivity contribution in [2.45, 2.75) is 38.6 Å². The number of nitrogens with two attached hydrogens (primary N) is 1. The summed E-state index contributed by atoms with van der Waals surface area (Å²) in [6, 6.07) is 7.45. The van der Waals surface area contributed by atoms with E-state index in [1.807, 2.05) is 26.0 Å². The van der Waals surface area contributed by atoms with Gasteiger partial charge in [0.2, 0.25) is 0 Å². The van der Waals surface area contributed by atoms with Crippen LogP contribution in [0.3, 0.4) is 0 Å². The zero-order valence-corrected chi connectivity index (χ0v) is 10.3. The zero-order valence-electron chi connectivity index (χ0n) is 10.3. The quantitative estimate of drug-likeness (QED) is 0.840. The first kappa shape index (κ1) is 12.1. The molecule has 2 atom stereocenters. The van der Waals surface area contributed by atoms with Crippen LogP contribution >= 0.6 is 0 Å². The topological polar surface area (TPSA) is 63.3 Å². The number of hydrogen-bond acceptors (Lipinski definition) is 2. The van der Waals surface area contributed by atoms with Gasteiger partial charge < -0.3 is 10.8 Å². The minimum Gasteiger partial charge on any atom is -0.480 e. The Kier molecular flexibility index (Phi) is 2.96. The summed E-state index contributed by atoms with van der Waals surface area (Å²) in [5.74, 6) is -0.677. The van der Waals surface area contributed by atoms with Gasteiger partial charge in [-0.15, -0.1) is 0 Å². The van der Waals surface area contributed by atoms with Crippen LogP contribution in [-0.4, -0.2) is 17.1 Å². The van der Waals surface area contributed by atoms with Gasteiger partial charge in [-0.25, -0.2) is 0 Å². The van der Waals surface area contributed by atoms with Crippen molar-refractivity contribution in [3.05, 3.63) is 35.4 Å². The Balaban J connectivity index is 2.34. The van der Waals surface area contributed by atoms with Gasteiger partial charge in [0.1, 0.15) is 6.04 Å². The van der Waals surface area contributed by atoms with Crippen LogP contribution in [0, 0.1) is 5.41 Å². The molecule has 0 heterocycles. The number of aliphatic carboxylic acids is 1. The zero-order chi connectivity index (χ0) is 12.6. The normalized spacial score (nSPS) is 21.0. The highest BCUT2D eigenvalue weighted by atomic mass is 16.4.